The summed E-state index contributed by atoms with van der Waals surface area (Å²) in [6.45, 7) is 8.10. The van der Waals surface area contributed by atoms with Crippen LogP contribution in [0.1, 0.15) is 34.0 Å². The predicted octanol–water partition coefficient (Wildman–Crippen LogP) is 6.03. The molecule has 12 heteroatoms. The van der Waals surface area contributed by atoms with Gasteiger partial charge in [-0.3, -0.25) is 9.69 Å². The average molecular weight is 604 g/mol. The number of alkyl halides is 3. The number of imidazole rings is 1. The first-order chi connectivity index (χ1) is 21.1. The largest absolute Gasteiger partial charge is 0.438 e. The van der Waals surface area contributed by atoms with Crippen LogP contribution in [0.25, 0.3) is 21.9 Å². The van der Waals surface area contributed by atoms with Crippen molar-refractivity contribution >= 4 is 33.5 Å². The van der Waals surface area contributed by atoms with Crippen LogP contribution in [0.3, 0.4) is 0 Å². The predicted molar refractivity (Wildman–Crippen MR) is 162 cm³/mol. The molecule has 1 aliphatic rings. The fraction of sp³-hybridized carbons (Fsp3) is 0.312. The Bertz CT molecular complexity index is 1850. The second kappa shape index (κ2) is 11.9. The highest BCUT2D eigenvalue weighted by atomic mass is 19.4. The number of benzene rings is 3. The van der Waals surface area contributed by atoms with Crippen molar-refractivity contribution in [2.45, 2.75) is 26.6 Å². The lowest BCUT2D eigenvalue weighted by Crippen LogP contribution is -2.45. The summed E-state index contributed by atoms with van der Waals surface area (Å²) in [6.07, 6.45) is -1.45. The molecule has 1 fully saturated rings. The van der Waals surface area contributed by atoms with Crippen LogP contribution in [-0.2, 0) is 19.8 Å². The second-order valence-electron chi connectivity index (χ2n) is 11.0. The van der Waals surface area contributed by atoms with Gasteiger partial charge in [0, 0.05) is 51.0 Å². The van der Waals surface area contributed by atoms with Crippen LogP contribution >= 0.6 is 0 Å². The Morgan fingerprint density at radius 1 is 0.955 bits per heavy atom. The number of aromatic nitrogens is 4. The fourth-order valence-electron chi connectivity index (χ4n) is 5.45. The maximum absolute atomic E-state index is 14.1. The van der Waals surface area contributed by atoms with Gasteiger partial charge in [-0.15, -0.1) is 0 Å². The molecular weight excluding hydrogens is 571 g/mol. The third-order valence-corrected chi connectivity index (χ3v) is 8.08. The van der Waals surface area contributed by atoms with Crippen LogP contribution in [0.2, 0.25) is 0 Å². The fourth-order valence-corrected chi connectivity index (χ4v) is 5.45. The van der Waals surface area contributed by atoms with E-state index < -0.39 is 17.6 Å². The van der Waals surface area contributed by atoms with Crippen molar-refractivity contribution in [3.05, 3.63) is 83.4 Å². The van der Waals surface area contributed by atoms with Gasteiger partial charge in [0.1, 0.15) is 12.1 Å². The van der Waals surface area contributed by atoms with E-state index in [-0.39, 0.29) is 23.4 Å². The first kappa shape index (κ1) is 29.5. The molecule has 1 N–H and O–H groups in total. The van der Waals surface area contributed by atoms with Crippen LogP contribution in [0.5, 0.6) is 11.6 Å². The summed E-state index contributed by atoms with van der Waals surface area (Å²) in [5, 5.41) is 3.28. The lowest BCUT2D eigenvalue weighted by Gasteiger charge is -2.34. The van der Waals surface area contributed by atoms with Gasteiger partial charge in [0.2, 0.25) is 5.88 Å². The molecule has 1 saturated heterocycles. The third-order valence-electron chi connectivity index (χ3n) is 8.08. The third kappa shape index (κ3) is 6.08. The second-order valence-corrected chi connectivity index (χ2v) is 11.0. The van der Waals surface area contributed by atoms with Gasteiger partial charge in [0.05, 0.1) is 33.8 Å². The van der Waals surface area contributed by atoms with Crippen molar-refractivity contribution in [3.63, 3.8) is 0 Å². The van der Waals surface area contributed by atoms with Gasteiger partial charge in [0.15, 0.2) is 0 Å². The van der Waals surface area contributed by atoms with E-state index in [1.165, 1.54) is 18.5 Å². The van der Waals surface area contributed by atoms with Crippen LogP contribution in [0.4, 0.5) is 18.9 Å². The Morgan fingerprint density at radius 2 is 1.73 bits per heavy atom. The summed E-state index contributed by atoms with van der Waals surface area (Å²) in [5.41, 5.74) is 2.81. The van der Waals surface area contributed by atoms with Gasteiger partial charge >= 0.3 is 6.18 Å². The molecule has 3 aromatic carbocycles. The van der Waals surface area contributed by atoms with Gasteiger partial charge < -0.3 is 19.5 Å². The van der Waals surface area contributed by atoms with E-state index in [1.54, 1.807) is 24.5 Å². The molecule has 0 saturated carbocycles. The first-order valence-corrected chi connectivity index (χ1v) is 14.4. The maximum atomic E-state index is 14.1. The normalized spacial score (nSPS) is 14.8. The zero-order chi connectivity index (χ0) is 31.0. The molecule has 1 aliphatic heterocycles. The number of fused-ring (bicyclic) bond motifs is 2. The van der Waals surface area contributed by atoms with E-state index in [2.05, 4.69) is 32.1 Å². The van der Waals surface area contributed by atoms with E-state index in [0.717, 1.165) is 42.3 Å². The molecule has 2 aromatic heterocycles. The van der Waals surface area contributed by atoms with Gasteiger partial charge in [-0.2, -0.15) is 13.2 Å². The van der Waals surface area contributed by atoms with Crippen molar-refractivity contribution < 1.29 is 22.7 Å². The van der Waals surface area contributed by atoms with Crippen molar-refractivity contribution in [1.29, 1.82) is 0 Å². The van der Waals surface area contributed by atoms with Crippen LogP contribution in [-0.4, -0.2) is 67.9 Å². The van der Waals surface area contributed by atoms with E-state index in [1.807, 2.05) is 35.6 Å². The molecule has 1 amide bonds. The smallest absolute Gasteiger partial charge is 0.416 e. The zero-order valence-corrected chi connectivity index (χ0v) is 24.6. The van der Waals surface area contributed by atoms with Crippen LogP contribution in [0.15, 0.2) is 61.2 Å². The van der Waals surface area contributed by atoms with E-state index in [0.29, 0.717) is 35.6 Å². The number of carbonyl (C=O) groups is 1. The SMILES string of the molecule is CCN1CCN(Cc2ccc(NC(=O)c3ccc(C)c(Oc4ncnc5cc6c(cc45)ncn6C)c3)cc2C(F)(F)F)CC1. The Labute approximate surface area is 252 Å². The van der Waals surface area contributed by atoms with E-state index in [9.17, 15) is 18.0 Å². The Balaban J connectivity index is 1.22. The van der Waals surface area contributed by atoms with Crippen LogP contribution < -0.4 is 10.1 Å². The number of amides is 1. The molecule has 0 unspecified atom stereocenters. The molecule has 0 radical (unpaired) electrons. The summed E-state index contributed by atoms with van der Waals surface area (Å²) in [7, 11) is 1.90. The highest BCUT2D eigenvalue weighted by Crippen LogP contribution is 2.35. The summed E-state index contributed by atoms with van der Waals surface area (Å²) in [4.78, 5) is 30.6. The highest BCUT2D eigenvalue weighted by Gasteiger charge is 2.34. The minimum Gasteiger partial charge on any atom is -0.438 e. The van der Waals surface area contributed by atoms with Crippen molar-refractivity contribution in [2.75, 3.05) is 38.0 Å². The number of anilines is 1. The Kier molecular flexibility index (Phi) is 7.95. The molecule has 0 bridgehead atoms. The molecule has 0 spiro atoms. The van der Waals surface area contributed by atoms with Gasteiger partial charge in [-0.05, 0) is 61.0 Å². The number of carbonyl (C=O) groups excluding carboxylic acids is 1. The molecule has 228 valence electrons. The Hall–Kier alpha value is -4.55. The minimum atomic E-state index is -4.56. The molecule has 5 aromatic rings. The molecular formula is C32H32F3N7O2. The number of nitrogens with one attached hydrogen (secondary N) is 1. The lowest BCUT2D eigenvalue weighted by atomic mass is 10.0. The summed E-state index contributed by atoms with van der Waals surface area (Å²) in [5.74, 6) is 0.118. The maximum Gasteiger partial charge on any atom is 0.416 e. The minimum absolute atomic E-state index is 0.0612. The van der Waals surface area contributed by atoms with Gasteiger partial charge in [-0.25, -0.2) is 15.0 Å². The number of piperazine rings is 1. The summed E-state index contributed by atoms with van der Waals surface area (Å²) >= 11 is 0. The van der Waals surface area contributed by atoms with Crippen molar-refractivity contribution in [1.82, 2.24) is 29.3 Å². The van der Waals surface area contributed by atoms with Crippen LogP contribution in [0, 0.1) is 6.92 Å². The average Bonchev–Trinajstić information content (AvgIpc) is 3.37. The number of rotatable bonds is 7. The molecule has 0 aliphatic carbocycles. The standard InChI is InChI=1S/C32H32F3N7O2/c1-4-41-9-11-42(12-10-41)17-22-7-8-23(14-25(22)32(33,34)35)39-30(43)21-6-5-20(2)29(13-21)44-31-24-15-27-28(40(3)19-38-27)16-26(24)36-18-37-31/h5-8,13-16,18-19H,4,9-12,17H2,1-3H3,(H,39,43). The molecule has 44 heavy (non-hydrogen) atoms. The molecule has 3 heterocycles. The van der Waals surface area contributed by atoms with E-state index in [4.69, 9.17) is 4.74 Å². The number of halogens is 3. The van der Waals surface area contributed by atoms with Gasteiger partial charge in [-0.1, -0.05) is 19.1 Å². The number of hydrogen-bond acceptors (Lipinski definition) is 7. The number of aryl methyl sites for hydroxylation is 2. The quantitative estimate of drug-likeness (QED) is 0.243. The highest BCUT2D eigenvalue weighted by molar-refractivity contribution is 6.04. The molecule has 6 rings (SSSR count). The number of ether oxygens (including phenoxy) is 1. The molecule has 0 atom stereocenters. The molecule has 9 nitrogen and oxygen atoms in total. The Morgan fingerprint density at radius 3 is 2.48 bits per heavy atom. The first-order valence-electron chi connectivity index (χ1n) is 14.4. The summed E-state index contributed by atoms with van der Waals surface area (Å²) < 4.78 is 50.3. The number of likely N-dealkylation sites (N-methyl/N-ethyl adjacent to an activating group) is 1. The lowest BCUT2D eigenvalue weighted by molar-refractivity contribution is -0.138. The monoisotopic (exact) mass is 603 g/mol. The van der Waals surface area contributed by atoms with Gasteiger partial charge in [0.25, 0.3) is 5.91 Å². The van der Waals surface area contributed by atoms with Crippen molar-refractivity contribution in [3.8, 4) is 11.6 Å². The number of hydrogen-bond donors (Lipinski definition) is 1. The number of nitrogens with zero attached hydrogens (tertiary/aromatic N) is 6. The zero-order valence-electron chi connectivity index (χ0n) is 24.6. The summed E-state index contributed by atoms with van der Waals surface area (Å²) in [6, 6.07) is 12.6. The van der Waals surface area contributed by atoms with Crippen molar-refractivity contribution in [2.24, 2.45) is 7.05 Å². The topological polar surface area (TPSA) is 88.4 Å². The van der Waals surface area contributed by atoms with E-state index >= 15 is 0 Å².